The molecule has 204 valence electrons. The number of carbonyl (C=O) groups excluding carboxylic acids is 1. The van der Waals surface area contributed by atoms with Gasteiger partial charge in [0, 0.05) is 54.3 Å². The number of anilines is 2. The fourth-order valence-corrected chi connectivity index (χ4v) is 3.58. The van der Waals surface area contributed by atoms with Gasteiger partial charge >= 0.3 is 6.03 Å². The van der Waals surface area contributed by atoms with E-state index < -0.39 is 6.03 Å². The standard InChI is InChI=1S/C29H35N7O3/c1-29(2,3)25-19-26(35-39-25)34-28(37)33-22-12-16-36-20-23(32-27(36)18-22)9-6-21-7-10-24(11-8-21)38-17-5-13-31-15-14-30-4/h7-8,10-12,16,18-20,30-31H,5,13-15,17H2,1-4H3,(H2,33,34,35,37). The summed E-state index contributed by atoms with van der Waals surface area (Å²) in [4.78, 5) is 17.0. The lowest BCUT2D eigenvalue weighted by atomic mass is 9.93. The Kier molecular flexibility index (Phi) is 9.20. The summed E-state index contributed by atoms with van der Waals surface area (Å²) in [6, 6.07) is 12.6. The number of urea groups is 1. The van der Waals surface area contributed by atoms with Crippen LogP contribution in [0.5, 0.6) is 5.75 Å². The average Bonchev–Trinajstić information content (AvgIpc) is 3.54. The van der Waals surface area contributed by atoms with E-state index in [1.807, 2.05) is 68.9 Å². The molecule has 10 heteroatoms. The van der Waals surface area contributed by atoms with Gasteiger partial charge in [-0.3, -0.25) is 5.32 Å². The van der Waals surface area contributed by atoms with E-state index >= 15 is 0 Å². The largest absolute Gasteiger partial charge is 0.494 e. The van der Waals surface area contributed by atoms with Gasteiger partial charge in [-0.05, 0) is 56.3 Å². The molecule has 4 aromatic rings. The number of benzene rings is 1. The quantitative estimate of drug-likeness (QED) is 0.179. The second-order valence-electron chi connectivity index (χ2n) is 10.0. The fourth-order valence-electron chi connectivity index (χ4n) is 3.58. The van der Waals surface area contributed by atoms with E-state index in [9.17, 15) is 4.79 Å². The molecule has 0 aliphatic carbocycles. The number of amides is 2. The molecule has 39 heavy (non-hydrogen) atoms. The maximum Gasteiger partial charge on any atom is 0.324 e. The number of rotatable bonds is 10. The Balaban J connectivity index is 1.29. The number of aromatic nitrogens is 3. The fraction of sp³-hybridized carbons (Fsp3) is 0.345. The van der Waals surface area contributed by atoms with Crippen molar-refractivity contribution in [3.8, 4) is 17.6 Å². The summed E-state index contributed by atoms with van der Waals surface area (Å²) in [5.74, 6) is 8.10. The van der Waals surface area contributed by atoms with E-state index in [4.69, 9.17) is 9.26 Å². The van der Waals surface area contributed by atoms with E-state index in [0.717, 1.165) is 37.4 Å². The third-order valence-electron chi connectivity index (χ3n) is 5.72. The number of hydrogen-bond donors (Lipinski definition) is 4. The molecule has 4 N–H and O–H groups in total. The molecule has 3 aromatic heterocycles. The first-order valence-corrected chi connectivity index (χ1v) is 12.9. The smallest absolute Gasteiger partial charge is 0.324 e. The Bertz CT molecular complexity index is 1440. The molecule has 0 unspecified atom stereocenters. The molecule has 0 saturated heterocycles. The van der Waals surface area contributed by atoms with Crippen LogP contribution in [0.25, 0.3) is 5.65 Å². The average molecular weight is 530 g/mol. The van der Waals surface area contributed by atoms with Crippen LogP contribution < -0.4 is 26.0 Å². The zero-order chi connectivity index (χ0) is 27.7. The van der Waals surface area contributed by atoms with Gasteiger partial charge in [-0.25, -0.2) is 9.78 Å². The Hall–Kier alpha value is -4.33. The van der Waals surface area contributed by atoms with Gasteiger partial charge in [-0.2, -0.15) is 0 Å². The molecule has 0 atom stereocenters. The molecular weight excluding hydrogens is 494 g/mol. The summed E-state index contributed by atoms with van der Waals surface area (Å²) in [7, 11) is 1.94. The number of nitrogens with zero attached hydrogens (tertiary/aromatic N) is 3. The highest BCUT2D eigenvalue weighted by Crippen LogP contribution is 2.24. The summed E-state index contributed by atoms with van der Waals surface area (Å²) in [5.41, 5.74) is 2.55. The topological polar surface area (TPSA) is 118 Å². The molecule has 0 radical (unpaired) electrons. The number of hydrogen-bond acceptors (Lipinski definition) is 7. The number of imidazole rings is 1. The van der Waals surface area contributed by atoms with Crippen molar-refractivity contribution in [3.63, 3.8) is 0 Å². The lowest BCUT2D eigenvalue weighted by Gasteiger charge is -2.12. The van der Waals surface area contributed by atoms with Crippen LogP contribution in [-0.2, 0) is 5.41 Å². The van der Waals surface area contributed by atoms with Crippen LogP contribution in [0.15, 0.2) is 59.4 Å². The molecule has 0 spiro atoms. The summed E-state index contributed by atoms with van der Waals surface area (Å²) in [6.45, 7) is 9.53. The Labute approximate surface area is 228 Å². The van der Waals surface area contributed by atoms with Crippen molar-refractivity contribution in [1.29, 1.82) is 0 Å². The number of ether oxygens (including phenoxy) is 1. The van der Waals surface area contributed by atoms with Crippen molar-refractivity contribution in [2.24, 2.45) is 0 Å². The molecule has 4 rings (SSSR count). The van der Waals surface area contributed by atoms with Crippen LogP contribution in [0, 0.1) is 11.8 Å². The van der Waals surface area contributed by atoms with Crippen LogP contribution >= 0.6 is 0 Å². The van der Waals surface area contributed by atoms with Crippen LogP contribution in [0.3, 0.4) is 0 Å². The summed E-state index contributed by atoms with van der Waals surface area (Å²) < 4.78 is 13.0. The lowest BCUT2D eigenvalue weighted by Crippen LogP contribution is -2.26. The Morgan fingerprint density at radius 1 is 1.05 bits per heavy atom. The molecule has 0 aliphatic rings. The Morgan fingerprint density at radius 2 is 1.87 bits per heavy atom. The van der Waals surface area contributed by atoms with Crippen molar-refractivity contribution in [2.75, 3.05) is 43.9 Å². The van der Waals surface area contributed by atoms with Gasteiger partial charge in [0.2, 0.25) is 0 Å². The number of fused-ring (bicyclic) bond motifs is 1. The van der Waals surface area contributed by atoms with Crippen LogP contribution in [-0.4, -0.2) is 53.9 Å². The van der Waals surface area contributed by atoms with E-state index in [1.54, 1.807) is 18.2 Å². The molecule has 2 amide bonds. The highest BCUT2D eigenvalue weighted by Gasteiger charge is 2.20. The molecule has 0 fully saturated rings. The molecule has 0 saturated carbocycles. The SMILES string of the molecule is CNCCNCCCOc1ccc(C#Cc2cn3ccc(NC(=O)Nc4cc(C(C)(C)C)on4)cc3n2)cc1. The lowest BCUT2D eigenvalue weighted by molar-refractivity contribution is 0.262. The second-order valence-corrected chi connectivity index (χ2v) is 10.0. The zero-order valence-corrected chi connectivity index (χ0v) is 22.8. The minimum absolute atomic E-state index is 0.197. The summed E-state index contributed by atoms with van der Waals surface area (Å²) in [5, 5.41) is 15.8. The van der Waals surface area contributed by atoms with Crippen molar-refractivity contribution in [3.05, 3.63) is 71.9 Å². The van der Waals surface area contributed by atoms with Crippen molar-refractivity contribution in [1.82, 2.24) is 25.2 Å². The minimum Gasteiger partial charge on any atom is -0.494 e. The molecule has 3 heterocycles. The predicted molar refractivity (Wildman–Crippen MR) is 152 cm³/mol. The van der Waals surface area contributed by atoms with Gasteiger partial charge in [-0.15, -0.1) is 0 Å². The van der Waals surface area contributed by atoms with Gasteiger partial charge in [0.05, 0.1) is 6.61 Å². The molecule has 1 aromatic carbocycles. The first kappa shape index (κ1) is 27.7. The number of pyridine rings is 1. The van der Waals surface area contributed by atoms with Gasteiger partial charge in [-0.1, -0.05) is 31.8 Å². The van der Waals surface area contributed by atoms with Gasteiger partial charge in [0.1, 0.15) is 22.9 Å². The Morgan fingerprint density at radius 3 is 2.62 bits per heavy atom. The molecule has 0 bridgehead atoms. The monoisotopic (exact) mass is 529 g/mol. The van der Waals surface area contributed by atoms with Crippen molar-refractivity contribution >= 4 is 23.2 Å². The minimum atomic E-state index is -0.423. The summed E-state index contributed by atoms with van der Waals surface area (Å²) >= 11 is 0. The van der Waals surface area contributed by atoms with Gasteiger partial charge in [0.15, 0.2) is 5.82 Å². The van der Waals surface area contributed by atoms with Crippen LogP contribution in [0.2, 0.25) is 0 Å². The highest BCUT2D eigenvalue weighted by molar-refractivity contribution is 5.99. The number of likely N-dealkylation sites (N-methyl/N-ethyl adjacent to an activating group) is 1. The van der Waals surface area contributed by atoms with E-state index in [2.05, 4.69) is 43.2 Å². The van der Waals surface area contributed by atoms with E-state index in [0.29, 0.717) is 35.2 Å². The number of carbonyl (C=O) groups is 1. The predicted octanol–water partition coefficient (Wildman–Crippen LogP) is 4.24. The first-order chi connectivity index (χ1) is 18.8. The van der Waals surface area contributed by atoms with Crippen LogP contribution in [0.1, 0.15) is 44.2 Å². The van der Waals surface area contributed by atoms with Gasteiger partial charge in [0.25, 0.3) is 0 Å². The number of nitrogens with one attached hydrogen (secondary N) is 4. The molecule has 10 nitrogen and oxygen atoms in total. The highest BCUT2D eigenvalue weighted by atomic mass is 16.5. The van der Waals surface area contributed by atoms with Crippen molar-refractivity contribution in [2.45, 2.75) is 32.6 Å². The van der Waals surface area contributed by atoms with E-state index in [-0.39, 0.29) is 5.41 Å². The second kappa shape index (κ2) is 13.0. The third kappa shape index (κ3) is 8.33. The molecule has 0 aliphatic heterocycles. The normalized spacial score (nSPS) is 11.2. The maximum absolute atomic E-state index is 12.4. The van der Waals surface area contributed by atoms with Crippen LogP contribution in [0.4, 0.5) is 16.3 Å². The van der Waals surface area contributed by atoms with Crippen molar-refractivity contribution < 1.29 is 14.1 Å². The third-order valence-corrected chi connectivity index (χ3v) is 5.72. The van der Waals surface area contributed by atoms with E-state index in [1.165, 1.54) is 0 Å². The first-order valence-electron chi connectivity index (χ1n) is 12.9. The maximum atomic E-state index is 12.4. The molecular formula is C29H35N7O3. The summed E-state index contributed by atoms with van der Waals surface area (Å²) in [6.07, 6.45) is 4.61. The van der Waals surface area contributed by atoms with Gasteiger partial charge < -0.3 is 29.6 Å². The zero-order valence-electron chi connectivity index (χ0n) is 22.8.